The van der Waals surface area contributed by atoms with E-state index in [-0.39, 0.29) is 0 Å². The maximum Gasteiger partial charge on any atom is 0.136 e. The van der Waals surface area contributed by atoms with E-state index in [1.165, 1.54) is 11.1 Å². The van der Waals surface area contributed by atoms with Gasteiger partial charge in [0, 0.05) is 5.56 Å². The molecule has 0 bridgehead atoms. The zero-order valence-electron chi connectivity index (χ0n) is 10.6. The lowest BCUT2D eigenvalue weighted by Gasteiger charge is -2.09. The predicted molar refractivity (Wildman–Crippen MR) is 74.2 cm³/mol. The lowest BCUT2D eigenvalue weighted by molar-refractivity contribution is 0.481. The molecular weight excluding hydrogens is 224 g/mol. The van der Waals surface area contributed by atoms with Crippen molar-refractivity contribution < 1.29 is 4.74 Å². The fourth-order valence-electron chi connectivity index (χ4n) is 1.66. The molecule has 0 radical (unpaired) electrons. The summed E-state index contributed by atoms with van der Waals surface area (Å²) in [7, 11) is 0. The Bertz CT molecular complexity index is 576. The Morgan fingerprint density at radius 1 is 1.06 bits per heavy atom. The van der Waals surface area contributed by atoms with Crippen LogP contribution in [0.25, 0.3) is 0 Å². The van der Waals surface area contributed by atoms with Gasteiger partial charge in [-0.2, -0.15) is 5.10 Å². The van der Waals surface area contributed by atoms with E-state index in [1.54, 1.807) is 6.21 Å². The zero-order chi connectivity index (χ0) is 13.0. The van der Waals surface area contributed by atoms with Crippen LogP contribution in [0, 0.1) is 13.8 Å². The molecule has 0 atom stereocenters. The second kappa shape index (κ2) is 5.36. The first-order valence-corrected chi connectivity index (χ1v) is 5.78. The van der Waals surface area contributed by atoms with Crippen molar-refractivity contribution in [3.05, 3.63) is 59.2 Å². The molecule has 2 N–H and O–H groups in total. The topological polar surface area (TPSA) is 47.6 Å². The summed E-state index contributed by atoms with van der Waals surface area (Å²) >= 11 is 0. The molecule has 0 aliphatic carbocycles. The van der Waals surface area contributed by atoms with Crippen molar-refractivity contribution in [3.63, 3.8) is 0 Å². The van der Waals surface area contributed by atoms with Gasteiger partial charge in [0.15, 0.2) is 0 Å². The molecule has 0 heterocycles. The number of benzene rings is 2. The summed E-state index contributed by atoms with van der Waals surface area (Å²) < 4.78 is 5.85. The van der Waals surface area contributed by atoms with Crippen LogP contribution in [0.5, 0.6) is 11.5 Å². The minimum atomic E-state index is 0.745. The van der Waals surface area contributed by atoms with Gasteiger partial charge in [0.1, 0.15) is 11.5 Å². The fraction of sp³-hybridized carbons (Fsp3) is 0.133. The predicted octanol–water partition coefficient (Wildman–Crippen LogP) is 3.39. The smallest absolute Gasteiger partial charge is 0.136 e. The Labute approximate surface area is 107 Å². The van der Waals surface area contributed by atoms with E-state index in [0.29, 0.717) is 0 Å². The molecule has 0 fully saturated rings. The average molecular weight is 240 g/mol. The van der Waals surface area contributed by atoms with Gasteiger partial charge in [-0.1, -0.05) is 18.2 Å². The van der Waals surface area contributed by atoms with E-state index < -0.39 is 0 Å². The van der Waals surface area contributed by atoms with Gasteiger partial charge in [-0.3, -0.25) is 0 Å². The molecule has 2 rings (SSSR count). The van der Waals surface area contributed by atoms with Crippen molar-refractivity contribution in [2.45, 2.75) is 13.8 Å². The van der Waals surface area contributed by atoms with Crippen LogP contribution in [-0.2, 0) is 0 Å². The highest BCUT2D eigenvalue weighted by Gasteiger charge is 2.03. The molecule has 0 unspecified atom stereocenters. The van der Waals surface area contributed by atoms with E-state index >= 15 is 0 Å². The van der Waals surface area contributed by atoms with Gasteiger partial charge >= 0.3 is 0 Å². The third kappa shape index (κ3) is 2.69. The molecule has 2 aromatic rings. The van der Waals surface area contributed by atoms with Crippen LogP contribution in [0.15, 0.2) is 47.6 Å². The molecule has 0 spiro atoms. The molecule has 92 valence electrons. The number of hydrazone groups is 1. The highest BCUT2D eigenvalue weighted by molar-refractivity contribution is 5.83. The van der Waals surface area contributed by atoms with Crippen LogP contribution in [0.2, 0.25) is 0 Å². The molecule has 2 aromatic carbocycles. The Kier molecular flexibility index (Phi) is 3.63. The maximum absolute atomic E-state index is 5.85. The first-order chi connectivity index (χ1) is 8.70. The van der Waals surface area contributed by atoms with Gasteiger partial charge in [-0.05, 0) is 49.2 Å². The summed E-state index contributed by atoms with van der Waals surface area (Å²) in [5.74, 6) is 6.74. The van der Waals surface area contributed by atoms with Gasteiger partial charge < -0.3 is 10.6 Å². The number of nitrogens with zero attached hydrogens (tertiary/aromatic N) is 1. The molecule has 3 nitrogen and oxygen atoms in total. The number of hydrogen-bond donors (Lipinski definition) is 1. The fourth-order valence-corrected chi connectivity index (χ4v) is 1.66. The highest BCUT2D eigenvalue weighted by atomic mass is 16.5. The molecule has 0 aliphatic rings. The van der Waals surface area contributed by atoms with E-state index in [1.807, 2.05) is 42.5 Å². The Balaban J connectivity index is 2.31. The van der Waals surface area contributed by atoms with Crippen LogP contribution in [0.4, 0.5) is 0 Å². The largest absolute Gasteiger partial charge is 0.457 e. The summed E-state index contributed by atoms with van der Waals surface area (Å²) in [6, 6.07) is 13.7. The van der Waals surface area contributed by atoms with Crippen LogP contribution in [-0.4, -0.2) is 6.21 Å². The number of nitrogens with two attached hydrogens (primary N) is 1. The Morgan fingerprint density at radius 3 is 2.56 bits per heavy atom. The van der Waals surface area contributed by atoms with Crippen molar-refractivity contribution in [2.24, 2.45) is 10.9 Å². The molecule has 3 heteroatoms. The van der Waals surface area contributed by atoms with Crippen molar-refractivity contribution in [1.29, 1.82) is 0 Å². The van der Waals surface area contributed by atoms with E-state index in [2.05, 4.69) is 18.9 Å². The number of para-hydroxylation sites is 1. The Morgan fingerprint density at radius 2 is 1.83 bits per heavy atom. The second-order valence-corrected chi connectivity index (χ2v) is 4.16. The van der Waals surface area contributed by atoms with Crippen molar-refractivity contribution in [3.8, 4) is 11.5 Å². The van der Waals surface area contributed by atoms with Crippen LogP contribution in [0.3, 0.4) is 0 Å². The van der Waals surface area contributed by atoms with Gasteiger partial charge in [-0.25, -0.2) is 0 Å². The average Bonchev–Trinajstić information content (AvgIpc) is 2.37. The zero-order valence-corrected chi connectivity index (χ0v) is 10.6. The molecule has 0 aromatic heterocycles. The third-order valence-corrected chi connectivity index (χ3v) is 2.84. The molecule has 0 saturated carbocycles. The number of hydrogen-bond acceptors (Lipinski definition) is 3. The van der Waals surface area contributed by atoms with E-state index in [0.717, 1.165) is 17.1 Å². The van der Waals surface area contributed by atoms with Crippen LogP contribution >= 0.6 is 0 Å². The first kappa shape index (κ1) is 12.2. The maximum atomic E-state index is 5.85. The monoisotopic (exact) mass is 240 g/mol. The number of aryl methyl sites for hydroxylation is 2. The van der Waals surface area contributed by atoms with Gasteiger partial charge in [0.2, 0.25) is 0 Å². The number of ether oxygens (including phenoxy) is 1. The summed E-state index contributed by atoms with van der Waals surface area (Å²) in [4.78, 5) is 0. The summed E-state index contributed by atoms with van der Waals surface area (Å²) in [6.45, 7) is 4.14. The first-order valence-electron chi connectivity index (χ1n) is 5.78. The second-order valence-electron chi connectivity index (χ2n) is 4.16. The van der Waals surface area contributed by atoms with Crippen molar-refractivity contribution in [1.82, 2.24) is 0 Å². The SMILES string of the molecule is Cc1ccc(Oc2ccccc2C=NN)cc1C. The molecule has 18 heavy (non-hydrogen) atoms. The summed E-state index contributed by atoms with van der Waals surface area (Å²) in [5, 5.41) is 3.53. The van der Waals surface area contributed by atoms with E-state index in [9.17, 15) is 0 Å². The highest BCUT2D eigenvalue weighted by Crippen LogP contribution is 2.25. The standard InChI is InChI=1S/C15H16N2O/c1-11-7-8-14(9-12(11)2)18-15-6-4-3-5-13(15)10-17-16/h3-10H,16H2,1-2H3. The summed E-state index contributed by atoms with van der Waals surface area (Å²) in [6.07, 6.45) is 1.58. The quantitative estimate of drug-likeness (QED) is 0.508. The molecular formula is C15H16N2O. The number of rotatable bonds is 3. The van der Waals surface area contributed by atoms with Gasteiger partial charge in [-0.15, -0.1) is 0 Å². The van der Waals surface area contributed by atoms with Crippen LogP contribution < -0.4 is 10.6 Å². The van der Waals surface area contributed by atoms with Gasteiger partial charge in [0.25, 0.3) is 0 Å². The molecule has 0 aliphatic heterocycles. The minimum absolute atomic E-state index is 0.745. The third-order valence-electron chi connectivity index (χ3n) is 2.84. The minimum Gasteiger partial charge on any atom is -0.457 e. The van der Waals surface area contributed by atoms with Crippen molar-refractivity contribution >= 4 is 6.21 Å². The van der Waals surface area contributed by atoms with E-state index in [4.69, 9.17) is 10.6 Å². The van der Waals surface area contributed by atoms with Gasteiger partial charge in [0.05, 0.1) is 6.21 Å². The normalized spacial score (nSPS) is 10.8. The molecule has 0 saturated heterocycles. The lowest BCUT2D eigenvalue weighted by Crippen LogP contribution is -1.93. The molecule has 0 amide bonds. The Hall–Kier alpha value is -2.29. The summed E-state index contributed by atoms with van der Waals surface area (Å²) in [5.41, 5.74) is 3.31. The van der Waals surface area contributed by atoms with Crippen LogP contribution in [0.1, 0.15) is 16.7 Å². The van der Waals surface area contributed by atoms with Crippen molar-refractivity contribution in [2.75, 3.05) is 0 Å². The lowest BCUT2D eigenvalue weighted by atomic mass is 10.1.